The van der Waals surface area contributed by atoms with Crippen molar-refractivity contribution >= 4 is 86.7 Å². The Balaban J connectivity index is 0.000000287. The Labute approximate surface area is 457 Å². The first-order chi connectivity index (χ1) is 34.6. The number of rotatable bonds is 10. The van der Waals surface area contributed by atoms with Crippen molar-refractivity contribution in [2.24, 2.45) is 0 Å². The standard InChI is InChI=1S/2C26H24P.4ClH.4Mn.2H2O.10O/c2*1-22-12-11-13-23(20-22)21-27(24-14-5-2-6-15-24,25-16-7-3-8-17-25)26-18-9-4-10-19-26;;;;;;;;;;;;;;;;;;;;/h2*2-20H,21H2,1H3;4*1H;;;;;2*1H2;;;;;;;;;;/q2*+1;;;;;2*+1;2*+2;;;;;;;;;;;2*-1/p-6. The van der Waals surface area contributed by atoms with Gasteiger partial charge in [0.2, 0.25) is 0 Å². The van der Waals surface area contributed by atoms with Gasteiger partial charge < -0.3 is 0 Å². The van der Waals surface area contributed by atoms with Gasteiger partial charge in [0.15, 0.2) is 0 Å². The molecule has 0 saturated heterocycles. The molecule has 8 aromatic carbocycles. The van der Waals surface area contributed by atoms with Crippen LogP contribution in [0.25, 0.3) is 0 Å². The maximum absolute atomic E-state index is 9.01. The van der Waals surface area contributed by atoms with Crippen LogP contribution in [-0.4, -0.2) is 8.38 Å². The zero-order valence-corrected chi connectivity index (χ0v) is 48.8. The van der Waals surface area contributed by atoms with Gasteiger partial charge in [-0.25, -0.2) is 0 Å². The van der Waals surface area contributed by atoms with E-state index in [9.17, 15) is 0 Å². The summed E-state index contributed by atoms with van der Waals surface area (Å²) in [6.45, 7) is 4.36. The van der Waals surface area contributed by atoms with Crippen molar-refractivity contribution in [2.75, 3.05) is 0 Å². The van der Waals surface area contributed by atoms with Crippen LogP contribution in [0.15, 0.2) is 231 Å². The molecule has 12 nitrogen and oxygen atoms in total. The number of hydrogen-bond acceptors (Lipinski definition) is 10. The Morgan fingerprint density at radius 3 is 0.649 bits per heavy atom. The van der Waals surface area contributed by atoms with Crippen molar-refractivity contribution in [3.8, 4) is 0 Å². The second-order valence-corrected chi connectivity index (χ2v) is 32.9. The summed E-state index contributed by atoms with van der Waals surface area (Å²) < 4.78 is 104. The van der Waals surface area contributed by atoms with Crippen LogP contribution in [0, 0.1) is 13.8 Å². The van der Waals surface area contributed by atoms with E-state index in [4.69, 9.17) is 47.4 Å². The summed E-state index contributed by atoms with van der Waals surface area (Å²) in [5.41, 5.74) is 5.44. The van der Waals surface area contributed by atoms with E-state index in [1.807, 2.05) is 0 Å². The van der Waals surface area contributed by atoms with Gasteiger partial charge in [-0.2, -0.15) is 0 Å². The van der Waals surface area contributed by atoms with Crippen LogP contribution in [0.4, 0.5) is 0 Å². The molecule has 0 spiro atoms. The Kier molecular flexibility index (Phi) is 26.7. The molecule has 0 amide bonds. The molecule has 22 heteroatoms. The Morgan fingerprint density at radius 2 is 0.500 bits per heavy atom. The summed E-state index contributed by atoms with van der Waals surface area (Å²) >= 11 is -19.1. The van der Waals surface area contributed by atoms with Crippen molar-refractivity contribution in [2.45, 2.75) is 26.2 Å². The minimum atomic E-state index is -4.90. The second-order valence-electron chi connectivity index (χ2n) is 15.4. The maximum atomic E-state index is 9.01. The van der Waals surface area contributed by atoms with E-state index in [0.29, 0.717) is 0 Å². The molecule has 0 atom stereocenters. The molecule has 0 fully saturated rings. The molecular formula is C52H50Cl4Mn4O12P2. The SMILES string of the molecule is Cc1cccc(C[P+](c2ccccc2)(c2ccccc2)c2ccccc2)c1.Cc1cccc(C[P+](c2ccccc2)(c2ccccc2)c2ccccc2)c1.[O]=[Mn](=[O])([O-])[Cl].[O]=[Mn](=[O])([O-])[Cl].[O]=[Mn](=[O])([OH])[Cl].[O]=[Mn](=[O])([OH])[Cl]. The van der Waals surface area contributed by atoms with Gasteiger partial charge in [-0.05, 0) is 97.8 Å². The van der Waals surface area contributed by atoms with E-state index in [1.54, 1.807) is 0 Å². The fraction of sp³-hybridized carbons (Fsp3) is 0.0769. The zero-order valence-electron chi connectivity index (χ0n) is 39.2. The zero-order chi connectivity index (χ0) is 55.1. The van der Waals surface area contributed by atoms with Crippen LogP contribution >= 0.6 is 54.9 Å². The minimum absolute atomic E-state index is 1.03. The van der Waals surface area contributed by atoms with Crippen molar-refractivity contribution < 1.29 is 95.9 Å². The van der Waals surface area contributed by atoms with Crippen molar-refractivity contribution in [3.05, 3.63) is 253 Å². The van der Waals surface area contributed by atoms with Gasteiger partial charge in [0.1, 0.15) is 46.4 Å². The molecule has 0 aromatic heterocycles. The predicted octanol–water partition coefficient (Wildman–Crippen LogP) is 9.28. The van der Waals surface area contributed by atoms with E-state index >= 15 is 0 Å². The average Bonchev–Trinajstić information content (AvgIpc) is 3.32. The van der Waals surface area contributed by atoms with Gasteiger partial charge in [-0.1, -0.05) is 169 Å². The van der Waals surface area contributed by atoms with Crippen LogP contribution in [0.5, 0.6) is 0 Å². The van der Waals surface area contributed by atoms with Crippen LogP contribution < -0.4 is 40.2 Å². The first kappa shape index (κ1) is 64.4. The third-order valence-corrected chi connectivity index (χ3v) is 18.9. The summed E-state index contributed by atoms with van der Waals surface area (Å²) in [4.78, 5) is 0. The molecule has 0 aliphatic heterocycles. The molecule has 396 valence electrons. The van der Waals surface area contributed by atoms with Crippen molar-refractivity contribution in [1.29, 1.82) is 0 Å². The molecule has 8 aromatic rings. The molecule has 0 aliphatic carbocycles. The molecule has 0 radical (unpaired) electrons. The Morgan fingerprint density at radius 1 is 0.338 bits per heavy atom. The fourth-order valence-electron chi connectivity index (χ4n) is 7.71. The summed E-state index contributed by atoms with van der Waals surface area (Å²) in [7, 11) is 12.6. The molecule has 0 saturated carbocycles. The molecule has 0 unspecified atom stereocenters. The molecule has 8 rings (SSSR count). The Bertz CT molecular complexity index is 2880. The molecule has 0 heterocycles. The fourth-order valence-corrected chi connectivity index (χ4v) is 16.2. The molecule has 0 aliphatic rings. The van der Waals surface area contributed by atoms with E-state index < -0.39 is 63.0 Å². The molecule has 74 heavy (non-hydrogen) atoms. The summed E-state index contributed by atoms with van der Waals surface area (Å²) in [6, 6.07) is 84.4. The predicted molar refractivity (Wildman–Crippen MR) is 273 cm³/mol. The topological polar surface area (TPSA) is 223 Å². The number of hydrogen-bond donors (Lipinski definition) is 2. The van der Waals surface area contributed by atoms with Gasteiger partial charge in [0, 0.05) is 0 Å². The van der Waals surface area contributed by atoms with E-state index in [-0.39, 0.29) is 0 Å². The van der Waals surface area contributed by atoms with Gasteiger partial charge in [-0.15, -0.1) is 0 Å². The summed E-state index contributed by atoms with van der Waals surface area (Å²) in [6.07, 6.45) is 2.07. The van der Waals surface area contributed by atoms with Crippen LogP contribution in [0.1, 0.15) is 22.3 Å². The van der Waals surface area contributed by atoms with Crippen LogP contribution in [0.2, 0.25) is 0 Å². The second kappa shape index (κ2) is 30.7. The van der Waals surface area contributed by atoms with Gasteiger partial charge in [-0.3, -0.25) is 0 Å². The third-order valence-electron chi connectivity index (χ3n) is 10.2. The first-order valence-electron chi connectivity index (χ1n) is 21.2. The van der Waals surface area contributed by atoms with Gasteiger partial charge >= 0.3 is 136 Å². The number of benzene rings is 8. The number of aryl methyl sites for hydroxylation is 2. The molecular weight excluding hydrogens is 1240 g/mol. The Hall–Kier alpha value is -3.90. The van der Waals surface area contributed by atoms with E-state index in [2.05, 4.69) is 285 Å². The summed E-state index contributed by atoms with van der Waals surface area (Å²) in [5.74, 6) is 0. The summed E-state index contributed by atoms with van der Waals surface area (Å²) in [5, 5.41) is 8.61. The quantitative estimate of drug-likeness (QED) is 0.0966. The van der Waals surface area contributed by atoms with E-state index in [1.165, 1.54) is 54.1 Å². The number of halogens is 4. The van der Waals surface area contributed by atoms with Crippen molar-refractivity contribution in [3.63, 3.8) is 0 Å². The first-order valence-corrected chi connectivity index (χ1v) is 37.6. The van der Waals surface area contributed by atoms with E-state index in [0.717, 1.165) is 12.3 Å². The van der Waals surface area contributed by atoms with Gasteiger partial charge in [0.05, 0.1) is 12.3 Å². The normalized spacial score (nSPS) is 11.4. The average molecular weight is 1290 g/mol. The molecule has 2 N–H and O–H groups in total. The monoisotopic (exact) mass is 1290 g/mol. The van der Waals surface area contributed by atoms with Crippen LogP contribution in [0.3, 0.4) is 0 Å². The van der Waals surface area contributed by atoms with Crippen molar-refractivity contribution in [1.82, 2.24) is 0 Å². The van der Waals surface area contributed by atoms with Crippen LogP contribution in [-0.2, 0) is 91.5 Å². The van der Waals surface area contributed by atoms with Gasteiger partial charge in [0.25, 0.3) is 0 Å². The third kappa shape index (κ3) is 25.3. The molecule has 0 bridgehead atoms.